The highest BCUT2D eigenvalue weighted by atomic mass is 14.9. The molecule has 0 saturated carbocycles. The van der Waals surface area contributed by atoms with E-state index in [1.54, 1.807) is 0 Å². The molecule has 0 saturated heterocycles. The summed E-state index contributed by atoms with van der Waals surface area (Å²) in [6, 6.07) is 43.9. The zero-order valence-corrected chi connectivity index (χ0v) is 30.1. The van der Waals surface area contributed by atoms with Crippen molar-refractivity contribution in [2.24, 2.45) is 9.98 Å². The summed E-state index contributed by atoms with van der Waals surface area (Å²) in [5.74, 6) is -0.0389. The van der Waals surface area contributed by atoms with Crippen molar-refractivity contribution in [2.45, 2.75) is 25.8 Å². The summed E-state index contributed by atoms with van der Waals surface area (Å²) < 4.78 is 0. The van der Waals surface area contributed by atoms with Crippen LogP contribution in [0.3, 0.4) is 0 Å². The average molecular weight is 693 g/mol. The zero-order chi connectivity index (χ0) is 35.9. The van der Waals surface area contributed by atoms with E-state index in [1.165, 1.54) is 65.3 Å². The first-order chi connectivity index (χ1) is 26.6. The Bertz CT molecular complexity index is 3080. The Labute approximate surface area is 312 Å². The van der Waals surface area contributed by atoms with E-state index in [-0.39, 0.29) is 12.0 Å². The fourth-order valence-corrected chi connectivity index (χ4v) is 9.22. The van der Waals surface area contributed by atoms with E-state index in [1.807, 2.05) is 0 Å². The fourth-order valence-electron chi connectivity index (χ4n) is 9.22. The van der Waals surface area contributed by atoms with Crippen LogP contribution in [0.1, 0.15) is 39.6 Å². The first-order valence-electron chi connectivity index (χ1n) is 18.7. The Balaban J connectivity index is 1.19. The maximum absolute atomic E-state index is 5.43. The number of hydrogen-bond donors (Lipinski definition) is 2. The molecule has 5 heterocycles. The summed E-state index contributed by atoms with van der Waals surface area (Å²) in [5, 5.41) is 12.1. The second kappa shape index (κ2) is 11.9. The van der Waals surface area contributed by atoms with E-state index in [4.69, 9.17) is 9.98 Å². The summed E-state index contributed by atoms with van der Waals surface area (Å²) in [6.45, 7) is 4.48. The highest BCUT2D eigenvalue weighted by molar-refractivity contribution is 6.35. The average Bonchev–Trinajstić information content (AvgIpc) is 4.05. The topological polar surface area (TPSA) is 56.3 Å². The molecule has 0 amide bonds. The Hall–Kier alpha value is -6.78. The number of fused-ring (bicyclic) bond motifs is 10. The lowest BCUT2D eigenvalue weighted by Crippen LogP contribution is -2.18. The van der Waals surface area contributed by atoms with Gasteiger partial charge in [-0.15, -0.1) is 0 Å². The maximum Gasteiger partial charge on any atom is 0.0814 e. The van der Waals surface area contributed by atoms with Gasteiger partial charge in [0, 0.05) is 33.2 Å². The van der Waals surface area contributed by atoms with Crippen LogP contribution in [0, 0.1) is 13.8 Å². The minimum Gasteiger partial charge on any atom is -0.358 e. The highest BCUT2D eigenvalue weighted by Gasteiger charge is 2.31. The lowest BCUT2D eigenvalue weighted by atomic mass is 9.81. The Morgan fingerprint density at radius 3 is 1.78 bits per heavy atom. The first-order valence-corrected chi connectivity index (χ1v) is 18.7. The van der Waals surface area contributed by atoms with E-state index in [0.717, 1.165) is 44.8 Å². The number of H-pyrrole nitrogens is 2. The standard InChI is InChI=1S/C50H36N4/c1-29-35-11-3-7-15-39(35)47(40-16-8-4-12-36(29)40)49-43-23-19-31(51-43)27-33-21-25-45(53-33)50(46-26-22-34(54-46)28-32-20-24-44(49)52-32)48-41-17-9-5-13-37(41)30(2)38-14-6-10-18-42(38)48/h3-28,43,49,52,54H,1-2H3. The van der Waals surface area contributed by atoms with E-state index >= 15 is 0 Å². The number of aliphatic imine (C=N–C) groups is 2. The molecule has 256 valence electrons. The molecule has 2 aromatic heterocycles. The minimum atomic E-state index is -0.107. The van der Waals surface area contributed by atoms with Crippen LogP contribution in [-0.2, 0) is 0 Å². The van der Waals surface area contributed by atoms with E-state index in [0.29, 0.717) is 0 Å². The van der Waals surface area contributed by atoms with Crippen LogP contribution in [0.25, 0.3) is 54.7 Å². The smallest absolute Gasteiger partial charge is 0.0814 e. The number of hydrogen-bond acceptors (Lipinski definition) is 2. The quantitative estimate of drug-likeness (QED) is 0.170. The molecule has 3 aliphatic rings. The molecule has 2 atom stereocenters. The molecule has 3 aliphatic heterocycles. The van der Waals surface area contributed by atoms with Gasteiger partial charge in [0.15, 0.2) is 0 Å². The SMILES string of the molecule is Cc1c2ccccc2c(C2=c3ccc([nH]3)=Cc3ccc([nH]3)C(c3c4ccccc4c(C)c4ccccc34)C3C=CC(=N3)C=C3C=CC2=N3)c2ccccc12. The van der Waals surface area contributed by atoms with Gasteiger partial charge in [0.05, 0.1) is 29.1 Å². The molecule has 6 aromatic carbocycles. The lowest BCUT2D eigenvalue weighted by Gasteiger charge is -2.25. The third-order valence-electron chi connectivity index (χ3n) is 11.7. The minimum absolute atomic E-state index is 0.0389. The highest BCUT2D eigenvalue weighted by Crippen LogP contribution is 2.43. The van der Waals surface area contributed by atoms with Gasteiger partial charge in [0.2, 0.25) is 0 Å². The summed E-state index contributed by atoms with van der Waals surface area (Å²) in [4.78, 5) is 18.4. The molecule has 0 spiro atoms. The second-order valence-electron chi connectivity index (χ2n) is 14.7. The summed E-state index contributed by atoms with van der Waals surface area (Å²) in [5.41, 5.74) is 11.1. The van der Waals surface area contributed by atoms with Gasteiger partial charge >= 0.3 is 0 Å². The predicted octanol–water partition coefficient (Wildman–Crippen LogP) is 10.0. The number of rotatable bonds is 2. The number of benzene rings is 6. The van der Waals surface area contributed by atoms with Crippen molar-refractivity contribution in [3.8, 4) is 0 Å². The molecule has 54 heavy (non-hydrogen) atoms. The van der Waals surface area contributed by atoms with E-state index < -0.39 is 0 Å². The van der Waals surface area contributed by atoms with Crippen LogP contribution in [0.4, 0.5) is 0 Å². The van der Waals surface area contributed by atoms with Crippen molar-refractivity contribution in [3.05, 3.63) is 202 Å². The van der Waals surface area contributed by atoms with Gasteiger partial charge in [0.1, 0.15) is 0 Å². The van der Waals surface area contributed by atoms with Gasteiger partial charge in [-0.3, -0.25) is 4.99 Å². The van der Waals surface area contributed by atoms with Crippen molar-refractivity contribution in [3.63, 3.8) is 0 Å². The van der Waals surface area contributed by atoms with Crippen LogP contribution in [0.2, 0.25) is 0 Å². The molecule has 0 radical (unpaired) electrons. The molecule has 4 heteroatoms. The Morgan fingerprint density at radius 2 is 1.13 bits per heavy atom. The van der Waals surface area contributed by atoms with Gasteiger partial charge in [-0.2, -0.15) is 0 Å². The van der Waals surface area contributed by atoms with Gasteiger partial charge in [-0.05, 0) is 128 Å². The number of aryl methyl sites for hydroxylation is 2. The third kappa shape index (κ3) is 4.70. The molecule has 4 nitrogen and oxygen atoms in total. The molecule has 0 fully saturated rings. The summed E-state index contributed by atoms with van der Waals surface area (Å²) in [7, 11) is 0. The number of nitrogens with one attached hydrogen (secondary N) is 2. The maximum atomic E-state index is 5.43. The molecule has 8 aromatic rings. The lowest BCUT2D eigenvalue weighted by molar-refractivity contribution is 0.703. The molecule has 2 unspecified atom stereocenters. The molecule has 0 aliphatic carbocycles. The molecule has 8 bridgehead atoms. The zero-order valence-electron chi connectivity index (χ0n) is 30.1. The molecular weight excluding hydrogens is 657 g/mol. The third-order valence-corrected chi connectivity index (χ3v) is 11.7. The number of nitrogens with zero attached hydrogens (tertiary/aromatic N) is 2. The normalized spacial score (nSPS) is 17.7. The predicted molar refractivity (Wildman–Crippen MR) is 226 cm³/mol. The molecular formula is C50H36N4. The summed E-state index contributed by atoms with van der Waals surface area (Å²) >= 11 is 0. The Kier molecular flexibility index (Phi) is 6.77. The monoisotopic (exact) mass is 692 g/mol. The number of aromatic nitrogens is 2. The van der Waals surface area contributed by atoms with Crippen molar-refractivity contribution in [2.75, 3.05) is 0 Å². The van der Waals surface area contributed by atoms with Gasteiger partial charge in [-0.25, -0.2) is 4.99 Å². The Morgan fingerprint density at radius 1 is 0.537 bits per heavy atom. The van der Waals surface area contributed by atoms with E-state index in [2.05, 4.69) is 182 Å². The van der Waals surface area contributed by atoms with Gasteiger partial charge in [-0.1, -0.05) is 103 Å². The fraction of sp³-hybridized carbons (Fsp3) is 0.0800. The van der Waals surface area contributed by atoms with Crippen LogP contribution >= 0.6 is 0 Å². The number of allylic oxidation sites excluding steroid dienone is 4. The largest absolute Gasteiger partial charge is 0.358 e. The second-order valence-corrected chi connectivity index (χ2v) is 14.7. The van der Waals surface area contributed by atoms with Crippen LogP contribution < -0.4 is 10.7 Å². The van der Waals surface area contributed by atoms with Crippen LogP contribution in [-0.4, -0.2) is 27.4 Å². The van der Waals surface area contributed by atoms with Crippen LogP contribution in [0.5, 0.6) is 0 Å². The first kappa shape index (κ1) is 30.8. The van der Waals surface area contributed by atoms with Gasteiger partial charge in [0.25, 0.3) is 0 Å². The van der Waals surface area contributed by atoms with Crippen molar-refractivity contribution >= 4 is 66.2 Å². The van der Waals surface area contributed by atoms with E-state index in [9.17, 15) is 0 Å². The van der Waals surface area contributed by atoms with Crippen LogP contribution in [0.15, 0.2) is 167 Å². The molecule has 11 rings (SSSR count). The summed E-state index contributed by atoms with van der Waals surface area (Å²) in [6.07, 6.45) is 13.1. The van der Waals surface area contributed by atoms with Crippen molar-refractivity contribution < 1.29 is 0 Å². The number of aromatic amines is 2. The van der Waals surface area contributed by atoms with Crippen molar-refractivity contribution in [1.82, 2.24) is 9.97 Å². The van der Waals surface area contributed by atoms with Gasteiger partial charge < -0.3 is 9.97 Å². The van der Waals surface area contributed by atoms with Crippen molar-refractivity contribution in [1.29, 1.82) is 0 Å². The molecule has 2 N–H and O–H groups in total.